The molecular formula is C22H21BrN2OS. The average Bonchev–Trinajstić information content (AvgIpc) is 3.38. The molecule has 1 aliphatic carbocycles. The van der Waals surface area contributed by atoms with Crippen molar-refractivity contribution in [2.24, 2.45) is 5.92 Å². The van der Waals surface area contributed by atoms with Crippen LogP contribution in [0.2, 0.25) is 0 Å². The molecule has 5 heteroatoms. The Kier molecular flexibility index (Phi) is 4.52. The molecule has 2 fully saturated rings. The first-order chi connectivity index (χ1) is 13.2. The summed E-state index contributed by atoms with van der Waals surface area (Å²) in [6, 6.07) is 16.8. The second-order valence-corrected chi connectivity index (χ2v) is 9.54. The van der Waals surface area contributed by atoms with Crippen molar-refractivity contribution in [1.29, 1.82) is 0 Å². The number of aromatic nitrogens is 1. The van der Waals surface area contributed by atoms with Gasteiger partial charge in [0.1, 0.15) is 5.01 Å². The van der Waals surface area contributed by atoms with E-state index in [1.54, 1.807) is 11.3 Å². The number of hydrogen-bond acceptors (Lipinski definition) is 3. The molecular weight excluding hydrogens is 420 g/mol. The zero-order valence-corrected chi connectivity index (χ0v) is 17.4. The van der Waals surface area contributed by atoms with E-state index in [9.17, 15) is 4.79 Å². The van der Waals surface area contributed by atoms with Crippen molar-refractivity contribution in [1.82, 2.24) is 9.88 Å². The Morgan fingerprint density at radius 1 is 1.15 bits per heavy atom. The third-order valence-electron chi connectivity index (χ3n) is 5.77. The minimum absolute atomic E-state index is 0.134. The maximum atomic E-state index is 13.3. The van der Waals surface area contributed by atoms with Crippen molar-refractivity contribution in [2.75, 3.05) is 6.54 Å². The Labute approximate surface area is 171 Å². The van der Waals surface area contributed by atoms with E-state index in [1.165, 1.54) is 16.7 Å². The largest absolute Gasteiger partial charge is 0.333 e. The van der Waals surface area contributed by atoms with Gasteiger partial charge in [-0.3, -0.25) is 4.79 Å². The van der Waals surface area contributed by atoms with Gasteiger partial charge in [0.05, 0.1) is 16.3 Å². The van der Waals surface area contributed by atoms with Crippen LogP contribution in [-0.4, -0.2) is 22.3 Å². The molecule has 1 saturated carbocycles. The summed E-state index contributed by atoms with van der Waals surface area (Å²) in [6.45, 7) is 0.862. The minimum atomic E-state index is 0.134. The van der Waals surface area contributed by atoms with Crippen LogP contribution in [0, 0.1) is 5.92 Å². The summed E-state index contributed by atoms with van der Waals surface area (Å²) in [6.07, 6.45) is 4.27. The molecule has 0 spiro atoms. The third kappa shape index (κ3) is 3.32. The average molecular weight is 441 g/mol. The lowest BCUT2D eigenvalue weighted by Crippen LogP contribution is -2.39. The summed E-state index contributed by atoms with van der Waals surface area (Å²) in [4.78, 5) is 20.3. The van der Waals surface area contributed by atoms with Crippen LogP contribution in [0.1, 0.15) is 48.2 Å². The van der Waals surface area contributed by atoms with Crippen LogP contribution in [0.15, 0.2) is 53.0 Å². The highest BCUT2D eigenvalue weighted by molar-refractivity contribution is 9.10. The number of nitrogens with zero attached hydrogens (tertiary/aromatic N) is 2. The first-order valence-electron chi connectivity index (χ1n) is 9.62. The number of amides is 1. The Balaban J connectivity index is 1.38. The van der Waals surface area contributed by atoms with E-state index in [-0.39, 0.29) is 12.0 Å². The first kappa shape index (κ1) is 17.4. The second-order valence-electron chi connectivity index (χ2n) is 7.57. The van der Waals surface area contributed by atoms with Gasteiger partial charge in [0.2, 0.25) is 5.91 Å². The number of carbonyl (C=O) groups is 1. The summed E-state index contributed by atoms with van der Waals surface area (Å²) < 4.78 is 2.30. The Morgan fingerprint density at radius 3 is 2.89 bits per heavy atom. The number of piperidine rings is 1. The number of carbonyl (C=O) groups excluding carboxylic acids is 1. The summed E-state index contributed by atoms with van der Waals surface area (Å²) in [5.74, 6) is 0.825. The lowest BCUT2D eigenvalue weighted by atomic mass is 10.0. The van der Waals surface area contributed by atoms with Crippen LogP contribution in [0.5, 0.6) is 0 Å². The van der Waals surface area contributed by atoms with E-state index >= 15 is 0 Å². The monoisotopic (exact) mass is 440 g/mol. The van der Waals surface area contributed by atoms with Crippen LogP contribution in [-0.2, 0) is 4.79 Å². The number of hydrogen-bond donors (Lipinski definition) is 0. The van der Waals surface area contributed by atoms with Gasteiger partial charge in [0.15, 0.2) is 0 Å². The Hall–Kier alpha value is -1.72. The van der Waals surface area contributed by atoms with Gasteiger partial charge in [-0.2, -0.15) is 0 Å². The van der Waals surface area contributed by atoms with E-state index in [0.29, 0.717) is 11.8 Å². The summed E-state index contributed by atoms with van der Waals surface area (Å²) >= 11 is 5.29. The van der Waals surface area contributed by atoms with Gasteiger partial charge in [-0.15, -0.1) is 11.3 Å². The fourth-order valence-electron chi connectivity index (χ4n) is 4.27. The van der Waals surface area contributed by atoms with Gasteiger partial charge >= 0.3 is 0 Å². The number of benzene rings is 2. The fourth-order valence-corrected chi connectivity index (χ4v) is 5.80. The molecule has 2 aromatic carbocycles. The Morgan fingerprint density at radius 2 is 2.04 bits per heavy atom. The molecule has 138 valence electrons. The standard InChI is InChI=1S/C22H21BrN2OS/c23-15-7-5-6-14(12-15)16-13-17(16)22(26)25-11-4-3-9-19(25)21-24-18-8-1-2-10-20(18)27-21/h1-2,5-8,10,12,16-17,19H,3-4,9,11,13H2. The molecule has 3 atom stereocenters. The summed E-state index contributed by atoms with van der Waals surface area (Å²) in [7, 11) is 0. The van der Waals surface area contributed by atoms with Gasteiger partial charge in [-0.1, -0.05) is 40.2 Å². The Bertz CT molecular complexity index is 968. The van der Waals surface area contributed by atoms with Gasteiger partial charge in [-0.25, -0.2) is 4.98 Å². The zero-order chi connectivity index (χ0) is 18.4. The molecule has 3 aromatic rings. The van der Waals surface area contributed by atoms with Crippen molar-refractivity contribution >= 4 is 43.4 Å². The zero-order valence-electron chi connectivity index (χ0n) is 15.0. The second kappa shape index (κ2) is 7.02. The van der Waals surface area contributed by atoms with E-state index < -0.39 is 0 Å². The molecule has 27 heavy (non-hydrogen) atoms. The van der Waals surface area contributed by atoms with Crippen molar-refractivity contribution in [3.05, 3.63) is 63.6 Å². The van der Waals surface area contributed by atoms with Crippen LogP contribution in [0.3, 0.4) is 0 Å². The van der Waals surface area contributed by atoms with Crippen molar-refractivity contribution < 1.29 is 4.79 Å². The molecule has 3 unspecified atom stereocenters. The van der Waals surface area contributed by atoms with E-state index in [1.807, 2.05) is 12.1 Å². The van der Waals surface area contributed by atoms with Crippen LogP contribution < -0.4 is 0 Å². The maximum absolute atomic E-state index is 13.3. The predicted molar refractivity (Wildman–Crippen MR) is 113 cm³/mol. The smallest absolute Gasteiger partial charge is 0.226 e. The van der Waals surface area contributed by atoms with Crippen LogP contribution in [0.25, 0.3) is 10.2 Å². The quantitative estimate of drug-likeness (QED) is 0.506. The predicted octanol–water partition coefficient (Wildman–Crippen LogP) is 5.92. The molecule has 1 amide bonds. The normalized spacial score (nSPS) is 24.9. The van der Waals surface area contributed by atoms with Gasteiger partial charge < -0.3 is 4.90 Å². The van der Waals surface area contributed by atoms with Crippen LogP contribution in [0.4, 0.5) is 0 Å². The van der Waals surface area contributed by atoms with Crippen molar-refractivity contribution in [3.63, 3.8) is 0 Å². The lowest BCUT2D eigenvalue weighted by molar-refractivity contribution is -0.136. The molecule has 0 bridgehead atoms. The minimum Gasteiger partial charge on any atom is -0.333 e. The van der Waals surface area contributed by atoms with E-state index in [2.05, 4.69) is 57.2 Å². The molecule has 2 aliphatic rings. The number of para-hydroxylation sites is 1. The first-order valence-corrected chi connectivity index (χ1v) is 11.2. The van der Waals surface area contributed by atoms with Crippen LogP contribution >= 0.6 is 27.3 Å². The van der Waals surface area contributed by atoms with E-state index in [4.69, 9.17) is 4.98 Å². The highest BCUT2D eigenvalue weighted by atomic mass is 79.9. The summed E-state index contributed by atoms with van der Waals surface area (Å²) in [5.41, 5.74) is 2.32. The molecule has 1 aliphatic heterocycles. The number of fused-ring (bicyclic) bond motifs is 1. The third-order valence-corrected chi connectivity index (χ3v) is 7.40. The highest BCUT2D eigenvalue weighted by Crippen LogP contribution is 2.50. The number of likely N-dealkylation sites (tertiary alicyclic amines) is 1. The highest BCUT2D eigenvalue weighted by Gasteiger charge is 2.47. The maximum Gasteiger partial charge on any atom is 0.226 e. The molecule has 1 aromatic heterocycles. The van der Waals surface area contributed by atoms with Gasteiger partial charge in [0.25, 0.3) is 0 Å². The molecule has 2 heterocycles. The SMILES string of the molecule is O=C(C1CC1c1cccc(Br)c1)N1CCCCC1c1nc2ccccc2s1. The molecule has 3 nitrogen and oxygen atoms in total. The van der Waals surface area contributed by atoms with Gasteiger partial charge in [0, 0.05) is 16.9 Å². The number of thiazole rings is 1. The molecule has 0 N–H and O–H groups in total. The van der Waals surface area contributed by atoms with E-state index in [0.717, 1.165) is 40.8 Å². The van der Waals surface area contributed by atoms with Crippen molar-refractivity contribution in [3.8, 4) is 0 Å². The topological polar surface area (TPSA) is 33.2 Å². The van der Waals surface area contributed by atoms with Gasteiger partial charge in [-0.05, 0) is 61.4 Å². The molecule has 5 rings (SSSR count). The van der Waals surface area contributed by atoms with Crippen molar-refractivity contribution in [2.45, 2.75) is 37.6 Å². The fraction of sp³-hybridized carbons (Fsp3) is 0.364. The number of halogens is 1. The number of rotatable bonds is 3. The summed E-state index contributed by atoms with van der Waals surface area (Å²) in [5, 5.41) is 1.10. The molecule has 0 radical (unpaired) electrons. The lowest BCUT2D eigenvalue weighted by Gasteiger charge is -2.35. The molecule has 1 saturated heterocycles.